The molecule has 0 aliphatic carbocycles. The molecule has 1 aromatic carbocycles. The first-order valence-corrected chi connectivity index (χ1v) is 9.51. The van der Waals surface area contributed by atoms with Crippen LogP contribution >= 0.6 is 0 Å². The van der Waals surface area contributed by atoms with Crippen molar-refractivity contribution in [3.8, 4) is 0 Å². The van der Waals surface area contributed by atoms with Gasteiger partial charge in [0.05, 0.1) is 18.5 Å². The number of benzene rings is 1. The molecule has 3 rings (SSSR count). The molecule has 3 N–H and O–H groups in total. The third-order valence-corrected chi connectivity index (χ3v) is 4.85. The monoisotopic (exact) mass is 403 g/mol. The Bertz CT molecular complexity index is 818. The standard InChI is InChI=1S/C20H26FN5O3/c1-14-6-7-16(12-22-14)23-19(27)24-17-5-3-4-15(18(17)21)13-25-8-10-26(11-9-25)20(28)29-2/h3-7,12,14,22H,8-11,13H2,1-2H3,(H2,23,24,27). The lowest BCUT2D eigenvalue weighted by Crippen LogP contribution is -2.48. The van der Waals surface area contributed by atoms with E-state index in [4.69, 9.17) is 4.74 Å². The summed E-state index contributed by atoms with van der Waals surface area (Å²) in [7, 11) is 1.36. The van der Waals surface area contributed by atoms with E-state index in [1.54, 1.807) is 29.3 Å². The first-order chi connectivity index (χ1) is 14.0. The minimum atomic E-state index is -0.514. The van der Waals surface area contributed by atoms with Crippen molar-refractivity contribution >= 4 is 17.8 Å². The molecule has 0 saturated carbocycles. The summed E-state index contributed by atoms with van der Waals surface area (Å²) in [5.74, 6) is -0.460. The molecule has 1 unspecified atom stereocenters. The van der Waals surface area contributed by atoms with Crippen LogP contribution < -0.4 is 16.0 Å². The van der Waals surface area contributed by atoms with Crippen molar-refractivity contribution in [1.29, 1.82) is 0 Å². The number of hydrogen-bond acceptors (Lipinski definition) is 5. The molecule has 2 heterocycles. The first-order valence-electron chi connectivity index (χ1n) is 9.51. The van der Waals surface area contributed by atoms with Crippen LogP contribution in [0.15, 0.2) is 42.2 Å². The summed E-state index contributed by atoms with van der Waals surface area (Å²) in [6.07, 6.45) is 5.06. The number of methoxy groups -OCH3 is 1. The van der Waals surface area contributed by atoms with Crippen molar-refractivity contribution < 1.29 is 18.7 Å². The van der Waals surface area contributed by atoms with Crippen LogP contribution in [0, 0.1) is 5.82 Å². The maximum absolute atomic E-state index is 14.9. The number of dihydropyridines is 1. The molecule has 0 radical (unpaired) electrons. The summed E-state index contributed by atoms with van der Waals surface area (Å²) in [4.78, 5) is 27.4. The van der Waals surface area contributed by atoms with Crippen LogP contribution in [-0.4, -0.2) is 61.3 Å². The van der Waals surface area contributed by atoms with Gasteiger partial charge in [0.15, 0.2) is 5.82 Å². The van der Waals surface area contributed by atoms with Gasteiger partial charge in [-0.1, -0.05) is 18.2 Å². The molecular weight excluding hydrogens is 377 g/mol. The molecule has 156 valence electrons. The number of amides is 3. The Morgan fingerprint density at radius 1 is 1.24 bits per heavy atom. The van der Waals surface area contributed by atoms with Crippen LogP contribution in [0.25, 0.3) is 0 Å². The third kappa shape index (κ3) is 5.47. The number of carbonyl (C=O) groups excluding carboxylic acids is 2. The van der Waals surface area contributed by atoms with Crippen LogP contribution in [-0.2, 0) is 11.3 Å². The fraction of sp³-hybridized carbons (Fsp3) is 0.400. The molecule has 2 aliphatic rings. The molecule has 8 nitrogen and oxygen atoms in total. The lowest BCUT2D eigenvalue weighted by molar-refractivity contribution is 0.0885. The normalized spacial score (nSPS) is 19.2. The fourth-order valence-corrected chi connectivity index (χ4v) is 3.19. The number of hydrogen-bond donors (Lipinski definition) is 3. The van der Waals surface area contributed by atoms with Crippen molar-refractivity contribution in [2.75, 3.05) is 38.6 Å². The van der Waals surface area contributed by atoms with Crippen LogP contribution in [0.4, 0.5) is 19.7 Å². The van der Waals surface area contributed by atoms with E-state index in [-0.39, 0.29) is 17.8 Å². The Morgan fingerprint density at radius 2 is 2.00 bits per heavy atom. The number of halogens is 1. The summed E-state index contributed by atoms with van der Waals surface area (Å²) in [6, 6.07) is 4.62. The highest BCUT2D eigenvalue weighted by Crippen LogP contribution is 2.20. The molecule has 2 aliphatic heterocycles. The molecule has 3 amide bonds. The van der Waals surface area contributed by atoms with Crippen molar-refractivity contribution in [2.24, 2.45) is 0 Å². The van der Waals surface area contributed by atoms with Crippen LogP contribution in [0.2, 0.25) is 0 Å². The zero-order valence-corrected chi connectivity index (χ0v) is 16.6. The number of ether oxygens (including phenoxy) is 1. The molecule has 0 spiro atoms. The van der Waals surface area contributed by atoms with Crippen LogP contribution in [0.1, 0.15) is 12.5 Å². The third-order valence-electron chi connectivity index (χ3n) is 4.85. The molecule has 1 atom stereocenters. The Morgan fingerprint density at radius 3 is 2.66 bits per heavy atom. The molecule has 1 aromatic rings. The van der Waals surface area contributed by atoms with Crippen molar-refractivity contribution in [1.82, 2.24) is 20.4 Å². The molecular formula is C20H26FN5O3. The van der Waals surface area contributed by atoms with Gasteiger partial charge in [0.25, 0.3) is 0 Å². The van der Waals surface area contributed by atoms with E-state index < -0.39 is 11.8 Å². The van der Waals surface area contributed by atoms with Gasteiger partial charge in [-0.15, -0.1) is 0 Å². The van der Waals surface area contributed by atoms with Crippen molar-refractivity contribution in [3.05, 3.63) is 53.6 Å². The SMILES string of the molecule is COC(=O)N1CCN(Cc2cccc(NC(=O)NC3=CNC(C)C=C3)c2F)CC1. The minimum absolute atomic E-state index is 0.120. The predicted molar refractivity (Wildman–Crippen MR) is 108 cm³/mol. The largest absolute Gasteiger partial charge is 0.453 e. The van der Waals surface area contributed by atoms with Gasteiger partial charge < -0.3 is 25.6 Å². The van der Waals surface area contributed by atoms with Crippen molar-refractivity contribution in [3.63, 3.8) is 0 Å². The maximum Gasteiger partial charge on any atom is 0.409 e. The van der Waals surface area contributed by atoms with Gasteiger partial charge in [-0.2, -0.15) is 0 Å². The summed E-state index contributed by atoms with van der Waals surface area (Å²) in [6.45, 7) is 4.69. The Kier molecular flexibility index (Phi) is 6.71. The number of anilines is 1. The number of rotatable bonds is 4. The molecule has 1 fully saturated rings. The van der Waals surface area contributed by atoms with E-state index in [9.17, 15) is 14.0 Å². The quantitative estimate of drug-likeness (QED) is 0.718. The topological polar surface area (TPSA) is 85.9 Å². The molecule has 1 saturated heterocycles. The van der Waals surface area contributed by atoms with E-state index in [1.807, 2.05) is 13.0 Å². The fourth-order valence-electron chi connectivity index (χ4n) is 3.19. The number of piperazine rings is 1. The van der Waals surface area contributed by atoms with E-state index in [0.29, 0.717) is 44.0 Å². The highest BCUT2D eigenvalue weighted by molar-refractivity contribution is 5.91. The van der Waals surface area contributed by atoms with E-state index >= 15 is 0 Å². The van der Waals surface area contributed by atoms with Crippen LogP contribution in [0.5, 0.6) is 0 Å². The zero-order chi connectivity index (χ0) is 20.8. The highest BCUT2D eigenvalue weighted by Gasteiger charge is 2.22. The lowest BCUT2D eigenvalue weighted by atomic mass is 10.1. The van der Waals surface area contributed by atoms with Gasteiger partial charge in [-0.3, -0.25) is 4.90 Å². The molecule has 9 heteroatoms. The predicted octanol–water partition coefficient (Wildman–Crippen LogP) is 2.22. The highest BCUT2D eigenvalue weighted by atomic mass is 19.1. The Hall–Kier alpha value is -3.07. The number of nitrogens with one attached hydrogen (secondary N) is 3. The first kappa shape index (κ1) is 20.7. The second kappa shape index (κ2) is 9.42. The average molecular weight is 403 g/mol. The van der Waals surface area contributed by atoms with Gasteiger partial charge in [0.2, 0.25) is 0 Å². The van der Waals surface area contributed by atoms with Crippen LogP contribution in [0.3, 0.4) is 0 Å². The number of carbonyl (C=O) groups is 2. The minimum Gasteiger partial charge on any atom is -0.453 e. The smallest absolute Gasteiger partial charge is 0.409 e. The second-order valence-corrected chi connectivity index (χ2v) is 7.01. The van der Waals surface area contributed by atoms with Crippen molar-refractivity contribution in [2.45, 2.75) is 19.5 Å². The number of nitrogens with zero attached hydrogens (tertiary/aromatic N) is 2. The molecule has 0 aromatic heterocycles. The van der Waals surface area contributed by atoms with Gasteiger partial charge in [-0.25, -0.2) is 14.0 Å². The Balaban J connectivity index is 1.56. The summed E-state index contributed by atoms with van der Waals surface area (Å²) in [5, 5.41) is 8.31. The van der Waals surface area contributed by atoms with E-state index in [1.165, 1.54) is 13.2 Å². The summed E-state index contributed by atoms with van der Waals surface area (Å²) >= 11 is 0. The zero-order valence-electron chi connectivity index (χ0n) is 16.6. The second-order valence-electron chi connectivity index (χ2n) is 7.01. The molecule has 29 heavy (non-hydrogen) atoms. The lowest BCUT2D eigenvalue weighted by Gasteiger charge is -2.33. The number of urea groups is 1. The van der Waals surface area contributed by atoms with Gasteiger partial charge >= 0.3 is 12.1 Å². The summed E-state index contributed by atoms with van der Waals surface area (Å²) < 4.78 is 19.6. The average Bonchev–Trinajstić information content (AvgIpc) is 2.72. The van der Waals surface area contributed by atoms with E-state index in [0.717, 1.165) is 0 Å². The Labute approximate surface area is 169 Å². The number of allylic oxidation sites excluding steroid dienone is 1. The van der Waals surface area contributed by atoms with Gasteiger partial charge in [-0.05, 0) is 19.1 Å². The van der Waals surface area contributed by atoms with E-state index in [2.05, 4.69) is 20.9 Å². The van der Waals surface area contributed by atoms with Gasteiger partial charge in [0.1, 0.15) is 0 Å². The van der Waals surface area contributed by atoms with Gasteiger partial charge in [0, 0.05) is 50.5 Å². The summed E-state index contributed by atoms with van der Waals surface area (Å²) in [5.41, 5.74) is 1.21. The maximum atomic E-state index is 14.9. The molecule has 0 bridgehead atoms.